The molecule has 3 rings (SSSR count). The van der Waals surface area contributed by atoms with Crippen LogP contribution in [0.4, 0.5) is 5.69 Å². The van der Waals surface area contributed by atoms with Crippen molar-refractivity contribution in [1.82, 2.24) is 0 Å². The second-order valence-corrected chi connectivity index (χ2v) is 5.14. The molecule has 0 unspecified atom stereocenters. The van der Waals surface area contributed by atoms with Crippen molar-refractivity contribution >= 4 is 22.4 Å². The highest BCUT2D eigenvalue weighted by molar-refractivity contribution is 6.03. The molecule has 0 spiro atoms. The third-order valence-corrected chi connectivity index (χ3v) is 3.80. The Morgan fingerprint density at radius 3 is 2.79 bits per heavy atom. The van der Waals surface area contributed by atoms with E-state index in [2.05, 4.69) is 28.8 Å². The van der Waals surface area contributed by atoms with Gasteiger partial charge < -0.3 is 10.6 Å². The lowest BCUT2D eigenvalue weighted by Crippen LogP contribution is -2.93. The number of piperidine rings is 1. The first-order valence-electron chi connectivity index (χ1n) is 6.96. The number of fused-ring (bicyclic) bond motifs is 1. The van der Waals surface area contributed by atoms with E-state index in [4.69, 9.17) is 0 Å². The molecule has 0 radical (unpaired) electrons. The predicted octanol–water partition coefficient (Wildman–Crippen LogP) is 1.89. The fraction of sp³-hybridized carbons (Fsp3) is 0.312. The van der Waals surface area contributed by atoms with Crippen LogP contribution in [0.15, 0.2) is 42.5 Å². The molecule has 98 valence electrons. The fourth-order valence-corrected chi connectivity index (χ4v) is 2.74. The van der Waals surface area contributed by atoms with Gasteiger partial charge in [0.25, 0.3) is 5.91 Å². The molecule has 1 heterocycles. The molecule has 0 saturated carbocycles. The molecule has 3 nitrogen and oxygen atoms in total. The summed E-state index contributed by atoms with van der Waals surface area (Å²) in [5, 5.41) is 7.51. The van der Waals surface area contributed by atoms with Crippen LogP contribution in [-0.2, 0) is 4.79 Å². The molecule has 2 aromatic carbocycles. The Morgan fingerprint density at radius 1 is 1.11 bits per heavy atom. The van der Waals surface area contributed by atoms with Crippen molar-refractivity contribution in [3.8, 4) is 0 Å². The van der Waals surface area contributed by atoms with Gasteiger partial charge in [-0.1, -0.05) is 36.4 Å². The number of benzene rings is 2. The molecule has 0 aliphatic carbocycles. The minimum atomic E-state index is 0.0766. The predicted molar refractivity (Wildman–Crippen MR) is 77.0 cm³/mol. The molecule has 1 amide bonds. The quantitative estimate of drug-likeness (QED) is 0.846. The monoisotopic (exact) mass is 255 g/mol. The first-order valence-corrected chi connectivity index (χ1v) is 6.96. The highest BCUT2D eigenvalue weighted by atomic mass is 16.2. The van der Waals surface area contributed by atoms with E-state index in [1.54, 1.807) is 0 Å². The molecule has 1 saturated heterocycles. The number of hydrogen-bond donors (Lipinski definition) is 2. The third kappa shape index (κ3) is 2.61. The van der Waals surface area contributed by atoms with Gasteiger partial charge in [0.15, 0.2) is 6.04 Å². The van der Waals surface area contributed by atoms with Crippen LogP contribution in [0.5, 0.6) is 0 Å². The summed E-state index contributed by atoms with van der Waals surface area (Å²) in [7, 11) is 0. The lowest BCUT2D eigenvalue weighted by molar-refractivity contribution is -0.684. The molecule has 3 N–H and O–H groups in total. The molecule has 2 aromatic rings. The van der Waals surface area contributed by atoms with Crippen LogP contribution in [-0.4, -0.2) is 18.5 Å². The van der Waals surface area contributed by atoms with Gasteiger partial charge in [-0.15, -0.1) is 0 Å². The van der Waals surface area contributed by atoms with Crippen LogP contribution < -0.4 is 10.6 Å². The standard InChI is InChI=1S/C16H18N2O/c19-16(15-9-3-4-11-17-15)18-14-10-5-7-12-6-1-2-8-13(12)14/h1-2,5-8,10,15,17H,3-4,9,11H2,(H,18,19)/p+1/t15-/m1/s1. The summed E-state index contributed by atoms with van der Waals surface area (Å²) >= 11 is 0. The highest BCUT2D eigenvalue weighted by Gasteiger charge is 2.24. The van der Waals surface area contributed by atoms with Crippen LogP contribution in [0.25, 0.3) is 10.8 Å². The van der Waals surface area contributed by atoms with Crippen molar-refractivity contribution in [2.75, 3.05) is 11.9 Å². The third-order valence-electron chi connectivity index (χ3n) is 3.80. The van der Waals surface area contributed by atoms with Gasteiger partial charge in [0.05, 0.1) is 6.54 Å². The summed E-state index contributed by atoms with van der Waals surface area (Å²) in [6.07, 6.45) is 3.36. The first-order chi connectivity index (χ1) is 9.34. The van der Waals surface area contributed by atoms with Gasteiger partial charge in [-0.3, -0.25) is 4.79 Å². The number of hydrogen-bond acceptors (Lipinski definition) is 1. The van der Waals surface area contributed by atoms with E-state index < -0.39 is 0 Å². The number of nitrogens with two attached hydrogens (primary N) is 1. The van der Waals surface area contributed by atoms with Gasteiger partial charge in [-0.2, -0.15) is 0 Å². The van der Waals surface area contributed by atoms with Gasteiger partial charge in [0, 0.05) is 17.5 Å². The van der Waals surface area contributed by atoms with E-state index in [1.807, 2.05) is 24.3 Å². The van der Waals surface area contributed by atoms with Gasteiger partial charge in [0.2, 0.25) is 0 Å². The summed E-state index contributed by atoms with van der Waals surface area (Å²) < 4.78 is 0. The van der Waals surface area contributed by atoms with E-state index in [1.165, 1.54) is 6.42 Å². The number of amides is 1. The maximum absolute atomic E-state index is 12.3. The molecule has 0 aromatic heterocycles. The summed E-state index contributed by atoms with van der Waals surface area (Å²) in [5.41, 5.74) is 0.919. The maximum atomic E-state index is 12.3. The van der Waals surface area contributed by atoms with Gasteiger partial charge in [0.1, 0.15) is 0 Å². The summed E-state index contributed by atoms with van der Waals surface area (Å²) in [4.78, 5) is 12.3. The molecular weight excluding hydrogens is 236 g/mol. The molecular formula is C16H19N2O+. The molecule has 3 heteroatoms. The maximum Gasteiger partial charge on any atom is 0.282 e. The summed E-state index contributed by atoms with van der Waals surface area (Å²) in [6, 6.07) is 14.2. The van der Waals surface area contributed by atoms with E-state index in [9.17, 15) is 4.79 Å². The van der Waals surface area contributed by atoms with Gasteiger partial charge >= 0.3 is 0 Å². The Hall–Kier alpha value is -1.87. The number of nitrogens with one attached hydrogen (secondary N) is 1. The van der Waals surface area contributed by atoms with Crippen LogP contribution in [0.1, 0.15) is 19.3 Å². The topological polar surface area (TPSA) is 45.7 Å². The zero-order chi connectivity index (χ0) is 13.1. The van der Waals surface area contributed by atoms with E-state index >= 15 is 0 Å². The fourth-order valence-electron chi connectivity index (χ4n) is 2.74. The van der Waals surface area contributed by atoms with Crippen LogP contribution in [0.2, 0.25) is 0 Å². The molecule has 19 heavy (non-hydrogen) atoms. The molecule has 1 aliphatic heterocycles. The molecule has 0 bridgehead atoms. The Kier molecular flexibility index (Phi) is 3.47. The summed E-state index contributed by atoms with van der Waals surface area (Å²) in [6.45, 7) is 1.06. The largest absolute Gasteiger partial charge is 0.336 e. The number of quaternary nitrogens is 1. The number of carbonyl (C=O) groups is 1. The lowest BCUT2D eigenvalue weighted by Gasteiger charge is -2.19. The average molecular weight is 255 g/mol. The average Bonchev–Trinajstić information content (AvgIpc) is 2.48. The minimum Gasteiger partial charge on any atom is -0.336 e. The Bertz CT molecular complexity index is 583. The van der Waals surface area contributed by atoms with Crippen molar-refractivity contribution in [3.05, 3.63) is 42.5 Å². The zero-order valence-electron chi connectivity index (χ0n) is 10.9. The van der Waals surface area contributed by atoms with Crippen molar-refractivity contribution in [1.29, 1.82) is 0 Å². The normalized spacial score (nSPS) is 19.3. The molecule has 1 fully saturated rings. The second-order valence-electron chi connectivity index (χ2n) is 5.14. The number of carbonyl (C=O) groups excluding carboxylic acids is 1. The van der Waals surface area contributed by atoms with Gasteiger partial charge in [-0.25, -0.2) is 0 Å². The highest BCUT2D eigenvalue weighted by Crippen LogP contribution is 2.23. The van der Waals surface area contributed by atoms with Crippen molar-refractivity contribution < 1.29 is 10.1 Å². The lowest BCUT2D eigenvalue weighted by atomic mass is 10.0. The SMILES string of the molecule is O=C(Nc1cccc2ccccc12)[C@H]1CCCC[NH2+]1. The smallest absolute Gasteiger partial charge is 0.282 e. The van der Waals surface area contributed by atoms with E-state index in [0.717, 1.165) is 35.8 Å². The Morgan fingerprint density at radius 2 is 1.95 bits per heavy atom. The van der Waals surface area contributed by atoms with E-state index in [-0.39, 0.29) is 11.9 Å². The van der Waals surface area contributed by atoms with Gasteiger partial charge in [-0.05, 0) is 24.3 Å². The number of anilines is 1. The first kappa shape index (κ1) is 12.2. The van der Waals surface area contributed by atoms with Crippen molar-refractivity contribution in [2.45, 2.75) is 25.3 Å². The summed E-state index contributed by atoms with van der Waals surface area (Å²) in [5.74, 6) is 0.135. The Balaban J connectivity index is 1.82. The zero-order valence-corrected chi connectivity index (χ0v) is 10.9. The second kappa shape index (κ2) is 5.41. The van der Waals surface area contributed by atoms with Crippen LogP contribution in [0, 0.1) is 0 Å². The minimum absolute atomic E-state index is 0.0766. The Labute approximate surface area is 113 Å². The molecule has 1 aliphatic rings. The van der Waals surface area contributed by atoms with Crippen LogP contribution >= 0.6 is 0 Å². The van der Waals surface area contributed by atoms with E-state index in [0.29, 0.717) is 0 Å². The molecule has 1 atom stereocenters. The van der Waals surface area contributed by atoms with Crippen molar-refractivity contribution in [2.24, 2.45) is 0 Å². The number of rotatable bonds is 2. The van der Waals surface area contributed by atoms with Crippen LogP contribution in [0.3, 0.4) is 0 Å². The van der Waals surface area contributed by atoms with Crippen molar-refractivity contribution in [3.63, 3.8) is 0 Å².